The number of amides is 1. The van der Waals surface area contributed by atoms with Crippen LogP contribution in [0.25, 0.3) is 22.6 Å². The zero-order valence-electron chi connectivity index (χ0n) is 16.2. The smallest absolute Gasteiger partial charge is 0.255 e. The zero-order chi connectivity index (χ0) is 19.7. The van der Waals surface area contributed by atoms with E-state index in [0.717, 1.165) is 16.6 Å². The fraction of sp³-hybridized carbons (Fsp3) is 0.167. The van der Waals surface area contributed by atoms with Crippen LogP contribution in [0.5, 0.6) is 0 Å². The van der Waals surface area contributed by atoms with Crippen molar-refractivity contribution in [2.24, 2.45) is 0 Å². The Hall–Kier alpha value is -3.40. The molecule has 0 radical (unpaired) electrons. The van der Waals surface area contributed by atoms with Gasteiger partial charge in [-0.15, -0.1) is 0 Å². The predicted molar refractivity (Wildman–Crippen MR) is 113 cm³/mol. The summed E-state index contributed by atoms with van der Waals surface area (Å²) in [5.74, 6) is 0.869. The monoisotopic (exact) mass is 370 g/mol. The minimum absolute atomic E-state index is 0.145. The number of nitrogens with zero attached hydrogens (tertiary/aromatic N) is 1. The van der Waals surface area contributed by atoms with E-state index in [1.54, 1.807) is 0 Å². The van der Waals surface area contributed by atoms with Gasteiger partial charge in [0.05, 0.1) is 0 Å². The van der Waals surface area contributed by atoms with Crippen LogP contribution in [0.15, 0.2) is 71.1 Å². The molecular formula is C24H22N2O2. The number of nitrogens with one attached hydrogen (secondary N) is 1. The Morgan fingerprint density at radius 3 is 2.50 bits per heavy atom. The molecule has 0 aliphatic rings. The molecular weight excluding hydrogens is 348 g/mol. The molecule has 140 valence electrons. The van der Waals surface area contributed by atoms with Gasteiger partial charge in [-0.05, 0) is 54.8 Å². The van der Waals surface area contributed by atoms with Crippen molar-refractivity contribution in [1.82, 2.24) is 4.98 Å². The summed E-state index contributed by atoms with van der Waals surface area (Å²) in [6, 6.07) is 21.2. The van der Waals surface area contributed by atoms with Crippen molar-refractivity contribution in [2.45, 2.75) is 26.7 Å². The molecule has 0 spiro atoms. The molecule has 1 aromatic heterocycles. The Morgan fingerprint density at radius 2 is 1.79 bits per heavy atom. The van der Waals surface area contributed by atoms with Gasteiger partial charge in [0, 0.05) is 22.9 Å². The number of fused-ring (bicyclic) bond motifs is 1. The molecule has 4 heteroatoms. The van der Waals surface area contributed by atoms with Crippen LogP contribution in [0, 0.1) is 6.92 Å². The first kappa shape index (κ1) is 18.0. The van der Waals surface area contributed by atoms with Gasteiger partial charge in [0.25, 0.3) is 5.91 Å². The number of hydrogen-bond acceptors (Lipinski definition) is 3. The molecule has 0 aliphatic heterocycles. The molecule has 4 nitrogen and oxygen atoms in total. The van der Waals surface area contributed by atoms with Crippen molar-refractivity contribution < 1.29 is 9.21 Å². The number of aromatic nitrogens is 1. The number of rotatable bonds is 4. The van der Waals surface area contributed by atoms with Crippen LogP contribution >= 0.6 is 0 Å². The second-order valence-corrected chi connectivity index (χ2v) is 7.30. The summed E-state index contributed by atoms with van der Waals surface area (Å²) >= 11 is 0. The van der Waals surface area contributed by atoms with Crippen LogP contribution in [0.3, 0.4) is 0 Å². The highest BCUT2D eigenvalue weighted by atomic mass is 16.3. The van der Waals surface area contributed by atoms with Gasteiger partial charge < -0.3 is 9.73 Å². The highest BCUT2D eigenvalue weighted by Gasteiger charge is 2.11. The lowest BCUT2D eigenvalue weighted by atomic mass is 10.0. The van der Waals surface area contributed by atoms with E-state index in [1.165, 1.54) is 5.56 Å². The Labute approximate surface area is 164 Å². The lowest BCUT2D eigenvalue weighted by molar-refractivity contribution is 0.102. The lowest BCUT2D eigenvalue weighted by Crippen LogP contribution is -2.11. The molecule has 0 atom stereocenters. The molecule has 1 heterocycles. The number of aryl methyl sites for hydroxylation is 1. The third-order valence-electron chi connectivity index (χ3n) is 4.75. The minimum atomic E-state index is -0.145. The molecule has 3 aromatic carbocycles. The first-order valence-corrected chi connectivity index (χ1v) is 9.38. The maximum Gasteiger partial charge on any atom is 0.255 e. The SMILES string of the molecule is Cc1cccc(-c2nc3ccc(NC(=O)c4ccc(C(C)C)cc4)cc3o2)c1. The van der Waals surface area contributed by atoms with Crippen LogP contribution < -0.4 is 5.32 Å². The fourth-order valence-electron chi connectivity index (χ4n) is 3.13. The summed E-state index contributed by atoms with van der Waals surface area (Å²) in [5.41, 5.74) is 6.01. The highest BCUT2D eigenvalue weighted by Crippen LogP contribution is 2.27. The van der Waals surface area contributed by atoms with Gasteiger partial charge in [-0.25, -0.2) is 4.98 Å². The van der Waals surface area contributed by atoms with E-state index in [-0.39, 0.29) is 5.91 Å². The summed E-state index contributed by atoms with van der Waals surface area (Å²) in [6.07, 6.45) is 0. The van der Waals surface area contributed by atoms with E-state index in [9.17, 15) is 4.79 Å². The van der Waals surface area contributed by atoms with Crippen LogP contribution in [0.4, 0.5) is 5.69 Å². The molecule has 0 fully saturated rings. The normalized spacial score (nSPS) is 11.1. The molecule has 4 aromatic rings. The van der Waals surface area contributed by atoms with E-state index >= 15 is 0 Å². The number of benzene rings is 3. The zero-order valence-corrected chi connectivity index (χ0v) is 16.2. The van der Waals surface area contributed by atoms with Crippen LogP contribution in [0.2, 0.25) is 0 Å². The van der Waals surface area contributed by atoms with Crippen LogP contribution in [0.1, 0.15) is 41.3 Å². The van der Waals surface area contributed by atoms with Gasteiger partial charge in [0.1, 0.15) is 5.52 Å². The van der Waals surface area contributed by atoms with Gasteiger partial charge in [-0.1, -0.05) is 43.7 Å². The van der Waals surface area contributed by atoms with E-state index in [2.05, 4.69) is 24.1 Å². The lowest BCUT2D eigenvalue weighted by Gasteiger charge is -2.08. The standard InChI is InChI=1S/C24H22N2O2/c1-15(2)17-7-9-18(10-8-17)23(27)25-20-11-12-21-22(14-20)28-24(26-21)19-6-4-5-16(3)13-19/h4-15H,1-3H3,(H,25,27). The average molecular weight is 370 g/mol. The third-order valence-corrected chi connectivity index (χ3v) is 4.75. The van der Waals surface area contributed by atoms with Crippen molar-refractivity contribution in [3.8, 4) is 11.5 Å². The van der Waals surface area contributed by atoms with E-state index in [4.69, 9.17) is 4.42 Å². The van der Waals surface area contributed by atoms with Crippen molar-refractivity contribution in [3.63, 3.8) is 0 Å². The molecule has 0 saturated heterocycles. The van der Waals surface area contributed by atoms with Crippen molar-refractivity contribution in [2.75, 3.05) is 5.32 Å². The summed E-state index contributed by atoms with van der Waals surface area (Å²) in [7, 11) is 0. The molecule has 4 rings (SSSR count). The molecule has 1 amide bonds. The molecule has 0 bridgehead atoms. The molecule has 28 heavy (non-hydrogen) atoms. The second-order valence-electron chi connectivity index (χ2n) is 7.30. The van der Waals surface area contributed by atoms with E-state index in [1.807, 2.05) is 73.7 Å². The van der Waals surface area contributed by atoms with E-state index < -0.39 is 0 Å². The van der Waals surface area contributed by atoms with Crippen molar-refractivity contribution in [3.05, 3.63) is 83.4 Å². The van der Waals surface area contributed by atoms with Crippen molar-refractivity contribution in [1.29, 1.82) is 0 Å². The summed E-state index contributed by atoms with van der Waals surface area (Å²) in [4.78, 5) is 17.1. The Balaban J connectivity index is 1.56. The quantitative estimate of drug-likeness (QED) is 0.467. The summed E-state index contributed by atoms with van der Waals surface area (Å²) < 4.78 is 5.92. The molecule has 1 N–H and O–H groups in total. The van der Waals surface area contributed by atoms with Crippen LogP contribution in [-0.4, -0.2) is 10.9 Å². The summed E-state index contributed by atoms with van der Waals surface area (Å²) in [5, 5.41) is 2.93. The van der Waals surface area contributed by atoms with Crippen LogP contribution in [-0.2, 0) is 0 Å². The number of carbonyl (C=O) groups excluding carboxylic acids is 1. The second kappa shape index (κ2) is 7.31. The molecule has 0 saturated carbocycles. The van der Waals surface area contributed by atoms with Gasteiger partial charge >= 0.3 is 0 Å². The number of anilines is 1. The molecule has 0 unspecified atom stereocenters. The third kappa shape index (κ3) is 3.67. The molecule has 0 aliphatic carbocycles. The Bertz CT molecular complexity index is 1140. The largest absolute Gasteiger partial charge is 0.436 e. The highest BCUT2D eigenvalue weighted by molar-refractivity contribution is 6.04. The minimum Gasteiger partial charge on any atom is -0.436 e. The Morgan fingerprint density at radius 1 is 1.00 bits per heavy atom. The average Bonchev–Trinajstić information content (AvgIpc) is 3.11. The summed E-state index contributed by atoms with van der Waals surface area (Å²) in [6.45, 7) is 6.30. The van der Waals surface area contributed by atoms with Gasteiger partial charge in [0.2, 0.25) is 5.89 Å². The number of oxazole rings is 1. The van der Waals surface area contributed by atoms with Gasteiger partial charge in [-0.3, -0.25) is 4.79 Å². The van der Waals surface area contributed by atoms with E-state index in [0.29, 0.717) is 28.6 Å². The first-order chi connectivity index (χ1) is 13.5. The number of hydrogen-bond donors (Lipinski definition) is 1. The number of carbonyl (C=O) groups is 1. The van der Waals surface area contributed by atoms with Gasteiger partial charge in [0.15, 0.2) is 5.58 Å². The Kier molecular flexibility index (Phi) is 4.70. The first-order valence-electron chi connectivity index (χ1n) is 9.38. The van der Waals surface area contributed by atoms with Gasteiger partial charge in [-0.2, -0.15) is 0 Å². The van der Waals surface area contributed by atoms with Crippen molar-refractivity contribution >= 4 is 22.7 Å². The predicted octanol–water partition coefficient (Wildman–Crippen LogP) is 6.18. The fourth-order valence-corrected chi connectivity index (χ4v) is 3.13. The maximum absolute atomic E-state index is 12.5. The maximum atomic E-state index is 12.5. The topological polar surface area (TPSA) is 55.1 Å².